The number of hydrogen-bond donors (Lipinski definition) is 6. The average molecular weight is 808 g/mol. The second kappa shape index (κ2) is 18.2. The van der Waals surface area contributed by atoms with Crippen molar-refractivity contribution in [2.24, 2.45) is 40.1 Å². The van der Waals surface area contributed by atoms with Crippen LogP contribution in [0.15, 0.2) is 83.4 Å². The first-order valence-electron chi connectivity index (χ1n) is 19.3. The van der Waals surface area contributed by atoms with E-state index in [-0.39, 0.29) is 98.3 Å². The van der Waals surface area contributed by atoms with E-state index in [9.17, 15) is 33.4 Å². The van der Waals surface area contributed by atoms with Crippen LogP contribution < -0.4 is 45.8 Å². The smallest absolute Gasteiger partial charge is 0.748 e. The van der Waals surface area contributed by atoms with Crippen molar-refractivity contribution < 1.29 is 72.4 Å². The molecule has 12 nitrogen and oxygen atoms in total. The first-order valence-corrected chi connectivity index (χ1v) is 20.8. The Bertz CT molecular complexity index is 2120. The molecule has 3 aromatic rings. The molecule has 8 N–H and O–H groups in total. The molecule has 9 atom stereocenters. The molecular weight excluding hydrogens is 758 g/mol. The number of nitrogens with two attached hydrogens (primary N) is 2. The molecule has 0 unspecified atom stereocenters. The predicted molar refractivity (Wildman–Crippen MR) is 209 cm³/mol. The number of aromatic hydroxyl groups is 1. The number of benzene rings is 3. The molecule has 298 valence electrons. The Labute approximate surface area is 356 Å². The van der Waals surface area contributed by atoms with Crippen LogP contribution in [0.25, 0.3) is 0 Å². The van der Waals surface area contributed by atoms with Crippen molar-refractivity contribution >= 4 is 16.1 Å². The van der Waals surface area contributed by atoms with Crippen molar-refractivity contribution in [3.05, 3.63) is 106 Å². The van der Waals surface area contributed by atoms with Gasteiger partial charge >= 0.3 is 29.6 Å². The molecule has 6 heterocycles. The van der Waals surface area contributed by atoms with Gasteiger partial charge in [-0.1, -0.05) is 60.4 Å². The summed E-state index contributed by atoms with van der Waals surface area (Å²) in [5, 5.41) is 39.6. The van der Waals surface area contributed by atoms with Crippen molar-refractivity contribution in [1.82, 2.24) is 0 Å². The summed E-state index contributed by atoms with van der Waals surface area (Å²) in [5.41, 5.74) is 15.0. The van der Waals surface area contributed by atoms with Gasteiger partial charge in [-0.25, -0.2) is 13.4 Å². The Balaban J connectivity index is 0.00000549. The van der Waals surface area contributed by atoms with Gasteiger partial charge in [-0.2, -0.15) is 0 Å². The summed E-state index contributed by atoms with van der Waals surface area (Å²) in [6.45, 7) is -0.487. The van der Waals surface area contributed by atoms with Gasteiger partial charge in [0.05, 0.1) is 21.5 Å². The number of aliphatic hydroxyl groups excluding tert-OH is 3. The monoisotopic (exact) mass is 807 g/mol. The fraction of sp³-hybridized carbons (Fsp3) is 0.465. The van der Waals surface area contributed by atoms with Crippen LogP contribution in [0.3, 0.4) is 0 Å². The zero-order valence-electron chi connectivity index (χ0n) is 32.2. The summed E-state index contributed by atoms with van der Waals surface area (Å²) in [6, 6.07) is 19.6. The number of fused-ring (bicyclic) bond motifs is 7. The number of aliphatic hydroxyl groups is 3. The minimum Gasteiger partial charge on any atom is -0.748 e. The van der Waals surface area contributed by atoms with Gasteiger partial charge in [-0.3, -0.25) is 0 Å². The number of phenolic OH excluding ortho intramolecular Hbond substituents is 1. The molecule has 0 aromatic heterocycles. The van der Waals surface area contributed by atoms with Crippen LogP contribution >= 0.6 is 0 Å². The third kappa shape index (κ3) is 9.57. The van der Waals surface area contributed by atoms with E-state index < -0.39 is 45.0 Å². The zero-order chi connectivity index (χ0) is 39.6. The molecule has 7 aliphatic rings. The number of phenols is 1. The Hall–Kier alpha value is -3.42. The van der Waals surface area contributed by atoms with Gasteiger partial charge in [0.25, 0.3) is 0 Å². The topological polar surface area (TPSA) is 221 Å². The fourth-order valence-corrected chi connectivity index (χ4v) is 10.4. The van der Waals surface area contributed by atoms with E-state index in [0.29, 0.717) is 49.0 Å². The average Bonchev–Trinajstić information content (AvgIpc) is 3.29. The summed E-state index contributed by atoms with van der Waals surface area (Å²) in [6.07, 6.45) is 3.90. The van der Waals surface area contributed by atoms with Crippen LogP contribution in [0.5, 0.6) is 11.5 Å². The standard InChI is InChI=1S/C43H51N3O9S.Na/c44-42(45)46-43(23-28(25-49)16-17-47)33-9-7-29(8-10-33)40-31-19-32(22-38(40)39(56(51,52)53)15-6-26-4-12-35(55-43)13-5-26)41-37-14-11-34(50)20-30(37)3-1-2-27(24-48)18-36(21-31)54-41;/h4-5,7-14,20,22,27-28,31,36,38-41,47-50H,2,6,15-19,21,23-25H2,(H4,44,45,46)(H,51,52,53);/q;+1/p-1/t27-,28+,31+,36-,38+,39+,40+,41+,43-;/m0./s1. The summed E-state index contributed by atoms with van der Waals surface area (Å²) in [5.74, 6) is 4.76. The molecule has 57 heavy (non-hydrogen) atoms. The molecule has 6 aliphatic heterocycles. The van der Waals surface area contributed by atoms with Crippen LogP contribution in [0.4, 0.5) is 0 Å². The molecule has 1 aliphatic carbocycles. The van der Waals surface area contributed by atoms with Crippen molar-refractivity contribution in [2.45, 2.75) is 80.5 Å². The normalized spacial score (nSPS) is 28.5. The van der Waals surface area contributed by atoms with Crippen LogP contribution in [0.1, 0.15) is 84.8 Å². The van der Waals surface area contributed by atoms with Gasteiger partial charge in [0.1, 0.15) is 17.6 Å². The number of aryl methyl sites for hydroxylation is 1. The number of aliphatic imine (C=N–C) groups is 1. The third-order valence-electron chi connectivity index (χ3n) is 12.0. The zero-order valence-corrected chi connectivity index (χ0v) is 35.0. The number of guanidine groups is 1. The molecular formula is C43H50N3NaO9S. The van der Waals surface area contributed by atoms with Crippen LogP contribution in [-0.4, -0.2) is 70.5 Å². The van der Waals surface area contributed by atoms with E-state index in [2.05, 4.69) is 16.8 Å². The second-order valence-corrected chi connectivity index (χ2v) is 17.4. The molecule has 14 heteroatoms. The summed E-state index contributed by atoms with van der Waals surface area (Å²) in [4.78, 5) is 4.64. The van der Waals surface area contributed by atoms with Gasteiger partial charge in [0.2, 0.25) is 5.72 Å². The molecule has 8 bridgehead atoms. The second-order valence-electron chi connectivity index (χ2n) is 15.8. The predicted octanol–water partition coefficient (Wildman–Crippen LogP) is 1.07. The van der Waals surface area contributed by atoms with Gasteiger partial charge in [-0.15, -0.1) is 0 Å². The SMILES string of the molecule is NC(N)=N[C@@]1(C[C@H](CO)CCO)Oc2ccc(cc2)CC[C@@H](S(=O)(=O)[O-])[C@H]2C=C3C[C@H](C[C@@H]4C[C@@H](CO)CC#Cc5cc(O)ccc5[C@@H]3O4)[C@H]2c2ccc1cc2.[Na+]. The number of hydrogen-bond acceptors (Lipinski definition) is 10. The van der Waals surface area contributed by atoms with E-state index in [1.54, 1.807) is 30.3 Å². The number of rotatable bonds is 8. The maximum absolute atomic E-state index is 13.5. The number of nitrogens with zero attached hydrogens (tertiary/aromatic N) is 1. The molecule has 10 rings (SSSR count). The molecule has 0 saturated carbocycles. The van der Waals surface area contributed by atoms with Gasteiger partial charge in [0.15, 0.2) is 5.96 Å². The van der Waals surface area contributed by atoms with E-state index in [1.807, 2.05) is 42.5 Å². The largest absolute Gasteiger partial charge is 1.00 e. The first-order chi connectivity index (χ1) is 26.9. The molecule has 0 amide bonds. The van der Waals surface area contributed by atoms with E-state index in [4.69, 9.17) is 20.9 Å². The minimum absolute atomic E-state index is 0. The van der Waals surface area contributed by atoms with Gasteiger partial charge in [0, 0.05) is 49.4 Å². The Kier molecular flexibility index (Phi) is 13.8. The quantitative estimate of drug-likeness (QED) is 0.0472. The van der Waals surface area contributed by atoms with Crippen LogP contribution in [0, 0.1) is 35.5 Å². The van der Waals surface area contributed by atoms with Crippen molar-refractivity contribution in [3.63, 3.8) is 0 Å². The third-order valence-corrected chi connectivity index (χ3v) is 13.3. The van der Waals surface area contributed by atoms with Crippen LogP contribution in [0.2, 0.25) is 0 Å². The maximum Gasteiger partial charge on any atom is 1.00 e. The summed E-state index contributed by atoms with van der Waals surface area (Å²) in [7, 11) is -4.84. The molecule has 3 aromatic carbocycles. The maximum atomic E-state index is 13.5. The fourth-order valence-electron chi connectivity index (χ4n) is 9.40. The van der Waals surface area contributed by atoms with Crippen molar-refractivity contribution in [2.75, 3.05) is 19.8 Å². The Morgan fingerprint density at radius 2 is 1.79 bits per heavy atom. The molecule has 1 saturated heterocycles. The van der Waals surface area contributed by atoms with Gasteiger partial charge < -0.3 is 45.9 Å². The molecule has 1 fully saturated rings. The van der Waals surface area contributed by atoms with Crippen molar-refractivity contribution in [3.8, 4) is 23.3 Å². The summed E-state index contributed by atoms with van der Waals surface area (Å²) < 4.78 is 54.1. The Morgan fingerprint density at radius 1 is 1.04 bits per heavy atom. The first kappa shape index (κ1) is 43.2. The molecule has 0 spiro atoms. The van der Waals surface area contributed by atoms with E-state index >= 15 is 0 Å². The van der Waals surface area contributed by atoms with Crippen LogP contribution in [-0.2, 0) is 27.0 Å². The summed E-state index contributed by atoms with van der Waals surface area (Å²) >= 11 is 0. The number of ether oxygens (including phenoxy) is 2. The van der Waals surface area contributed by atoms with E-state index in [1.165, 1.54) is 0 Å². The van der Waals surface area contributed by atoms with E-state index in [0.717, 1.165) is 22.3 Å². The minimum atomic E-state index is -4.84. The molecule has 0 radical (unpaired) electrons. The Morgan fingerprint density at radius 3 is 2.46 bits per heavy atom. The van der Waals surface area contributed by atoms with Gasteiger partial charge in [-0.05, 0) is 109 Å². The van der Waals surface area contributed by atoms with Crippen molar-refractivity contribution in [1.29, 1.82) is 0 Å². The number of allylic oxidation sites excluding steroid dienone is 1.